The smallest absolute Gasteiger partial charge is 0.122 e. The van der Waals surface area contributed by atoms with Gasteiger partial charge >= 0.3 is 0 Å². The summed E-state index contributed by atoms with van der Waals surface area (Å²) in [4.78, 5) is 1.99. The fourth-order valence-electron chi connectivity index (χ4n) is 1.35. The largest absolute Gasteiger partial charge is 0.496 e. The Balaban J connectivity index is 3.01. The third kappa shape index (κ3) is 2.32. The molecule has 0 aliphatic rings. The highest BCUT2D eigenvalue weighted by Gasteiger charge is 2.04. The molecule has 2 nitrogen and oxygen atoms in total. The van der Waals surface area contributed by atoms with Gasteiger partial charge in [0.15, 0.2) is 0 Å². The molecule has 1 aromatic rings. The first-order valence-corrected chi connectivity index (χ1v) is 5.20. The molecule has 0 radical (unpaired) electrons. The lowest BCUT2D eigenvalue weighted by atomic mass is 10.1. The van der Waals surface area contributed by atoms with E-state index in [1.54, 1.807) is 7.11 Å². The number of hydrogen-bond donors (Lipinski definition) is 0. The molecule has 0 aliphatic heterocycles. The van der Waals surface area contributed by atoms with E-state index in [1.807, 2.05) is 24.1 Å². The molecule has 78 valence electrons. The predicted molar refractivity (Wildman–Crippen MR) is 61.5 cm³/mol. The van der Waals surface area contributed by atoms with Gasteiger partial charge in [-0.2, -0.15) is 0 Å². The van der Waals surface area contributed by atoms with Crippen LogP contribution in [-0.2, 0) is 6.42 Å². The van der Waals surface area contributed by atoms with Crippen molar-refractivity contribution in [1.29, 1.82) is 0 Å². The predicted octanol–water partition coefficient (Wildman–Crippen LogP) is 2.89. The molecule has 0 fully saturated rings. The van der Waals surface area contributed by atoms with Crippen LogP contribution in [0.3, 0.4) is 0 Å². The van der Waals surface area contributed by atoms with Crippen LogP contribution < -0.4 is 9.64 Å². The molecule has 1 aromatic carbocycles. The summed E-state index contributed by atoms with van der Waals surface area (Å²) in [7, 11) is 3.66. The van der Waals surface area contributed by atoms with E-state index >= 15 is 0 Å². The topological polar surface area (TPSA) is 12.5 Å². The monoisotopic (exact) mass is 213 g/mol. The zero-order valence-electron chi connectivity index (χ0n) is 8.88. The van der Waals surface area contributed by atoms with Crippen LogP contribution in [0.1, 0.15) is 12.5 Å². The lowest BCUT2D eigenvalue weighted by Gasteiger charge is -2.17. The first-order chi connectivity index (χ1) is 6.72. The summed E-state index contributed by atoms with van der Waals surface area (Å²) in [6.45, 7) is 2.11. The third-order valence-corrected chi connectivity index (χ3v) is 2.62. The second kappa shape index (κ2) is 5.11. The number of halogens is 1. The number of methoxy groups -OCH3 is 1. The van der Waals surface area contributed by atoms with Crippen LogP contribution in [0.2, 0.25) is 0 Å². The maximum atomic E-state index is 5.75. The summed E-state index contributed by atoms with van der Waals surface area (Å²) in [5.41, 5.74) is 2.33. The van der Waals surface area contributed by atoms with Crippen LogP contribution in [0.25, 0.3) is 0 Å². The van der Waals surface area contributed by atoms with E-state index in [2.05, 4.69) is 13.0 Å². The second-order valence-electron chi connectivity index (χ2n) is 3.17. The Morgan fingerprint density at radius 3 is 2.64 bits per heavy atom. The molecule has 0 bridgehead atoms. The Bertz CT molecular complexity index is 301. The summed E-state index contributed by atoms with van der Waals surface area (Å²) in [5.74, 6) is 0.944. The van der Waals surface area contributed by atoms with Crippen molar-refractivity contribution in [2.24, 2.45) is 0 Å². The molecule has 0 spiro atoms. The Labute approximate surface area is 90.4 Å². The Hall–Kier alpha value is -0.890. The average Bonchev–Trinajstić information content (AvgIpc) is 2.26. The highest BCUT2D eigenvalue weighted by atomic mass is 35.5. The van der Waals surface area contributed by atoms with Gasteiger partial charge in [0.1, 0.15) is 5.75 Å². The van der Waals surface area contributed by atoms with Gasteiger partial charge in [0.2, 0.25) is 0 Å². The molecular formula is C11H16ClNO. The summed E-state index contributed by atoms with van der Waals surface area (Å²) in [6, 6.07) is 6.61. The maximum Gasteiger partial charge on any atom is 0.122 e. The number of aryl methyl sites for hydroxylation is 1. The number of rotatable bonds is 4. The van der Waals surface area contributed by atoms with Crippen LogP contribution >= 0.6 is 11.6 Å². The van der Waals surface area contributed by atoms with Crippen LogP contribution in [-0.4, -0.2) is 20.2 Å². The van der Waals surface area contributed by atoms with E-state index in [4.69, 9.17) is 16.3 Å². The minimum absolute atomic E-state index is 0.496. The van der Waals surface area contributed by atoms with Crippen LogP contribution in [0, 0.1) is 0 Å². The van der Waals surface area contributed by atoms with Crippen molar-refractivity contribution in [2.75, 3.05) is 25.1 Å². The normalized spacial score (nSPS) is 10.0. The molecular weight excluding hydrogens is 198 g/mol. The number of benzene rings is 1. The van der Waals surface area contributed by atoms with Crippen molar-refractivity contribution in [3.63, 3.8) is 0 Å². The molecule has 0 aromatic heterocycles. The Kier molecular flexibility index (Phi) is 4.08. The number of anilines is 1. The number of alkyl halides is 1. The molecule has 14 heavy (non-hydrogen) atoms. The van der Waals surface area contributed by atoms with Gasteiger partial charge in [-0.15, -0.1) is 11.6 Å². The van der Waals surface area contributed by atoms with Crippen molar-refractivity contribution in [1.82, 2.24) is 0 Å². The zero-order chi connectivity index (χ0) is 10.6. The van der Waals surface area contributed by atoms with E-state index in [9.17, 15) is 0 Å². The molecule has 1 rings (SSSR count). The SMILES string of the molecule is CCc1cc(N(C)CCl)ccc1OC. The summed E-state index contributed by atoms with van der Waals surface area (Å²) >= 11 is 5.75. The van der Waals surface area contributed by atoms with Crippen molar-refractivity contribution in [2.45, 2.75) is 13.3 Å². The third-order valence-electron chi connectivity index (χ3n) is 2.26. The number of hydrogen-bond acceptors (Lipinski definition) is 2. The summed E-state index contributed by atoms with van der Waals surface area (Å²) in [5, 5.41) is 0. The maximum absolute atomic E-state index is 5.75. The standard InChI is InChI=1S/C11H16ClNO/c1-4-9-7-10(13(2)8-12)5-6-11(9)14-3/h5-7H,4,8H2,1-3H3. The molecule has 0 N–H and O–H groups in total. The molecule has 0 saturated heterocycles. The van der Waals surface area contributed by atoms with Crippen LogP contribution in [0.4, 0.5) is 5.69 Å². The van der Waals surface area contributed by atoms with E-state index in [0.29, 0.717) is 6.00 Å². The van der Waals surface area contributed by atoms with Gasteiger partial charge in [-0.05, 0) is 30.2 Å². The first-order valence-electron chi connectivity index (χ1n) is 4.67. The van der Waals surface area contributed by atoms with Gasteiger partial charge in [-0.1, -0.05) is 6.92 Å². The Morgan fingerprint density at radius 2 is 2.14 bits per heavy atom. The van der Waals surface area contributed by atoms with Crippen molar-refractivity contribution < 1.29 is 4.74 Å². The second-order valence-corrected chi connectivity index (χ2v) is 3.41. The average molecular weight is 214 g/mol. The fourth-order valence-corrected chi connectivity index (χ4v) is 1.49. The van der Waals surface area contributed by atoms with Gasteiger partial charge < -0.3 is 9.64 Å². The fraction of sp³-hybridized carbons (Fsp3) is 0.455. The van der Waals surface area contributed by atoms with Gasteiger partial charge in [-0.3, -0.25) is 0 Å². The van der Waals surface area contributed by atoms with E-state index in [-0.39, 0.29) is 0 Å². The van der Waals surface area contributed by atoms with Crippen molar-refractivity contribution >= 4 is 17.3 Å². The molecule has 0 heterocycles. The van der Waals surface area contributed by atoms with E-state index in [0.717, 1.165) is 17.9 Å². The molecule has 0 atom stereocenters. The van der Waals surface area contributed by atoms with Crippen molar-refractivity contribution in [3.8, 4) is 5.75 Å². The highest BCUT2D eigenvalue weighted by molar-refractivity contribution is 6.18. The summed E-state index contributed by atoms with van der Waals surface area (Å²) < 4.78 is 5.25. The van der Waals surface area contributed by atoms with Crippen LogP contribution in [0.5, 0.6) is 5.75 Å². The number of nitrogens with zero attached hydrogens (tertiary/aromatic N) is 1. The zero-order valence-corrected chi connectivity index (χ0v) is 9.64. The van der Waals surface area contributed by atoms with E-state index in [1.165, 1.54) is 5.56 Å². The van der Waals surface area contributed by atoms with Crippen molar-refractivity contribution in [3.05, 3.63) is 23.8 Å². The highest BCUT2D eigenvalue weighted by Crippen LogP contribution is 2.24. The van der Waals surface area contributed by atoms with Crippen LogP contribution in [0.15, 0.2) is 18.2 Å². The minimum atomic E-state index is 0.496. The molecule has 0 amide bonds. The molecule has 0 aliphatic carbocycles. The summed E-state index contributed by atoms with van der Waals surface area (Å²) in [6.07, 6.45) is 0.965. The first kappa shape index (κ1) is 11.2. The lowest BCUT2D eigenvalue weighted by molar-refractivity contribution is 0.410. The van der Waals surface area contributed by atoms with Gasteiger partial charge in [0.25, 0.3) is 0 Å². The van der Waals surface area contributed by atoms with Gasteiger partial charge in [-0.25, -0.2) is 0 Å². The number of ether oxygens (including phenoxy) is 1. The molecule has 0 saturated carbocycles. The van der Waals surface area contributed by atoms with E-state index < -0.39 is 0 Å². The minimum Gasteiger partial charge on any atom is -0.496 e. The quantitative estimate of drug-likeness (QED) is 0.563. The molecule has 0 unspecified atom stereocenters. The van der Waals surface area contributed by atoms with Gasteiger partial charge in [0, 0.05) is 12.7 Å². The Morgan fingerprint density at radius 1 is 1.43 bits per heavy atom. The van der Waals surface area contributed by atoms with Gasteiger partial charge in [0.05, 0.1) is 13.1 Å². The molecule has 3 heteroatoms. The lowest BCUT2D eigenvalue weighted by Crippen LogP contribution is -2.14.